The van der Waals surface area contributed by atoms with Crippen molar-refractivity contribution in [3.63, 3.8) is 0 Å². The number of benzene rings is 1. The first-order valence-electron chi connectivity index (χ1n) is 10.9. The van der Waals surface area contributed by atoms with E-state index in [1.807, 2.05) is 6.92 Å². The lowest BCUT2D eigenvalue weighted by Crippen LogP contribution is -2.41. The van der Waals surface area contributed by atoms with E-state index in [2.05, 4.69) is 25.3 Å². The maximum absolute atomic E-state index is 14.3. The number of halogens is 2. The molecule has 1 N–H and O–H groups in total. The van der Waals surface area contributed by atoms with Crippen molar-refractivity contribution in [1.29, 1.82) is 0 Å². The topological polar surface area (TPSA) is 119 Å². The highest BCUT2D eigenvalue weighted by Gasteiger charge is 2.41. The standard InChI is InChI=1S/C23H19F2N7O3/c1-11-13(9-28-31(11)2)21-29-30-22(35-21)23(33)32-8-7-14-17(27-10-26-14)18(32)19-16(20(24)25)12-5-3-4-6-15(12)34-19/h3-6,9-10,18,20H,7-8H2,1-2H3,(H,26,27)/t18-/m0/s1. The average Bonchev–Trinajstić information content (AvgIpc) is 3.64. The van der Waals surface area contributed by atoms with Crippen molar-refractivity contribution in [1.82, 2.24) is 34.8 Å². The molecule has 10 nitrogen and oxygen atoms in total. The van der Waals surface area contributed by atoms with E-state index in [4.69, 9.17) is 8.83 Å². The molecule has 35 heavy (non-hydrogen) atoms. The van der Waals surface area contributed by atoms with Crippen molar-refractivity contribution in [2.24, 2.45) is 7.05 Å². The third-order valence-corrected chi connectivity index (χ3v) is 6.39. The molecule has 178 valence electrons. The molecule has 5 heterocycles. The number of aromatic nitrogens is 6. The second kappa shape index (κ2) is 7.86. The number of carbonyl (C=O) groups is 1. The molecule has 1 amide bonds. The van der Waals surface area contributed by atoms with Gasteiger partial charge in [-0.25, -0.2) is 13.8 Å². The molecule has 6 rings (SSSR count). The highest BCUT2D eigenvalue weighted by molar-refractivity contribution is 5.91. The molecular formula is C23H19F2N7O3. The Morgan fingerprint density at radius 2 is 2.06 bits per heavy atom. The van der Waals surface area contributed by atoms with Gasteiger partial charge in [-0.2, -0.15) is 5.10 Å². The first-order chi connectivity index (χ1) is 16.9. The quantitative estimate of drug-likeness (QED) is 0.414. The Morgan fingerprint density at radius 1 is 1.23 bits per heavy atom. The van der Waals surface area contributed by atoms with Crippen molar-refractivity contribution in [2.75, 3.05) is 6.54 Å². The lowest BCUT2D eigenvalue weighted by Gasteiger charge is -2.33. The van der Waals surface area contributed by atoms with Crippen molar-refractivity contribution in [3.05, 3.63) is 71.1 Å². The summed E-state index contributed by atoms with van der Waals surface area (Å²) < 4.78 is 41.9. The molecule has 0 aliphatic carbocycles. The molecule has 12 heteroatoms. The zero-order valence-corrected chi connectivity index (χ0v) is 18.7. The number of rotatable bonds is 4. The van der Waals surface area contributed by atoms with Gasteiger partial charge in [0.2, 0.25) is 0 Å². The lowest BCUT2D eigenvalue weighted by molar-refractivity contribution is 0.0623. The number of hydrogen-bond donors (Lipinski definition) is 1. The maximum Gasteiger partial charge on any atom is 0.312 e. The number of amides is 1. The summed E-state index contributed by atoms with van der Waals surface area (Å²) in [6.45, 7) is 2.04. The van der Waals surface area contributed by atoms with Gasteiger partial charge in [-0.3, -0.25) is 9.48 Å². The molecule has 0 fully saturated rings. The van der Waals surface area contributed by atoms with Crippen LogP contribution in [0.2, 0.25) is 0 Å². The molecule has 1 aromatic carbocycles. The molecule has 1 aliphatic rings. The predicted octanol–water partition coefficient (Wildman–Crippen LogP) is 3.97. The van der Waals surface area contributed by atoms with Crippen molar-refractivity contribution >= 4 is 16.9 Å². The number of carbonyl (C=O) groups excluding carboxylic acids is 1. The van der Waals surface area contributed by atoms with Crippen LogP contribution in [0.5, 0.6) is 0 Å². The zero-order valence-electron chi connectivity index (χ0n) is 18.7. The lowest BCUT2D eigenvalue weighted by atomic mass is 9.97. The van der Waals surface area contributed by atoms with Gasteiger partial charge >= 0.3 is 11.8 Å². The van der Waals surface area contributed by atoms with E-state index in [-0.39, 0.29) is 29.6 Å². The Hall–Kier alpha value is -4.35. The molecule has 1 atom stereocenters. The van der Waals surface area contributed by atoms with Crippen LogP contribution in [0.25, 0.3) is 22.4 Å². The number of fused-ring (bicyclic) bond motifs is 2. The Labute approximate surface area is 196 Å². The largest absolute Gasteiger partial charge is 0.458 e. The highest BCUT2D eigenvalue weighted by atomic mass is 19.3. The molecule has 0 saturated carbocycles. The van der Waals surface area contributed by atoms with Crippen LogP contribution >= 0.6 is 0 Å². The Bertz CT molecular complexity index is 1560. The smallest absolute Gasteiger partial charge is 0.312 e. The fourth-order valence-electron chi connectivity index (χ4n) is 4.52. The number of nitrogens with zero attached hydrogens (tertiary/aromatic N) is 6. The monoisotopic (exact) mass is 479 g/mol. The van der Waals surface area contributed by atoms with Gasteiger partial charge in [-0.05, 0) is 13.0 Å². The molecule has 4 aromatic heterocycles. The number of hydrogen-bond acceptors (Lipinski definition) is 7. The minimum absolute atomic E-state index is 0.0366. The number of aromatic amines is 1. The third kappa shape index (κ3) is 3.24. The van der Waals surface area contributed by atoms with E-state index >= 15 is 0 Å². The second-order valence-electron chi connectivity index (χ2n) is 8.27. The molecule has 0 spiro atoms. The summed E-state index contributed by atoms with van der Waals surface area (Å²) in [5.41, 5.74) is 2.61. The molecule has 5 aromatic rings. The summed E-state index contributed by atoms with van der Waals surface area (Å²) >= 11 is 0. The first-order valence-corrected chi connectivity index (χ1v) is 10.9. The number of aryl methyl sites for hydroxylation is 1. The van der Waals surface area contributed by atoms with Gasteiger partial charge in [-0.15, -0.1) is 10.2 Å². The number of nitrogens with one attached hydrogen (secondary N) is 1. The van der Waals surface area contributed by atoms with Crippen molar-refractivity contribution < 1.29 is 22.4 Å². The van der Waals surface area contributed by atoms with E-state index in [1.165, 1.54) is 11.2 Å². The molecule has 0 bridgehead atoms. The van der Waals surface area contributed by atoms with Crippen LogP contribution in [-0.2, 0) is 13.5 Å². The summed E-state index contributed by atoms with van der Waals surface area (Å²) in [5.74, 6) is -0.762. The van der Waals surface area contributed by atoms with E-state index in [0.29, 0.717) is 28.6 Å². The van der Waals surface area contributed by atoms with Crippen LogP contribution in [-0.4, -0.2) is 47.3 Å². The second-order valence-corrected chi connectivity index (χ2v) is 8.27. The minimum Gasteiger partial charge on any atom is -0.458 e. The van der Waals surface area contributed by atoms with E-state index < -0.39 is 18.4 Å². The molecular weight excluding hydrogens is 460 g/mol. The number of H-pyrrole nitrogens is 1. The first kappa shape index (κ1) is 21.2. The normalized spacial score (nSPS) is 15.8. The summed E-state index contributed by atoms with van der Waals surface area (Å²) in [4.78, 5) is 22.4. The summed E-state index contributed by atoms with van der Waals surface area (Å²) in [6, 6.07) is 5.56. The van der Waals surface area contributed by atoms with Gasteiger partial charge in [0.15, 0.2) is 0 Å². The Kier molecular flexibility index (Phi) is 4.76. The van der Waals surface area contributed by atoms with E-state index in [0.717, 1.165) is 11.4 Å². The van der Waals surface area contributed by atoms with Crippen molar-refractivity contribution in [2.45, 2.75) is 25.8 Å². The maximum atomic E-state index is 14.3. The van der Waals surface area contributed by atoms with E-state index in [9.17, 15) is 13.6 Å². The molecule has 0 saturated heterocycles. The van der Waals surface area contributed by atoms with Gasteiger partial charge in [0.25, 0.3) is 12.3 Å². The highest BCUT2D eigenvalue weighted by Crippen LogP contribution is 2.43. The number of imidazole rings is 1. The summed E-state index contributed by atoms with van der Waals surface area (Å²) in [5, 5.41) is 12.4. The van der Waals surface area contributed by atoms with E-state index in [1.54, 1.807) is 42.2 Å². The molecule has 0 unspecified atom stereocenters. The zero-order chi connectivity index (χ0) is 24.3. The minimum atomic E-state index is -2.82. The van der Waals surface area contributed by atoms with Gasteiger partial charge in [-0.1, -0.05) is 18.2 Å². The van der Waals surface area contributed by atoms with Crippen LogP contribution < -0.4 is 0 Å². The number of furan rings is 1. The summed E-state index contributed by atoms with van der Waals surface area (Å²) in [7, 11) is 1.77. The van der Waals surface area contributed by atoms with Crippen LogP contribution in [0.4, 0.5) is 8.78 Å². The van der Waals surface area contributed by atoms with Crippen LogP contribution in [0, 0.1) is 6.92 Å². The molecule has 0 radical (unpaired) electrons. The fourth-order valence-corrected chi connectivity index (χ4v) is 4.52. The van der Waals surface area contributed by atoms with Gasteiger partial charge in [0, 0.05) is 36.8 Å². The SMILES string of the molecule is Cc1c(-c2nnc(C(=O)N3CCc4[nH]cnc4[C@H]3c3oc4ccccc4c3C(F)F)o2)cnn1C. The third-order valence-electron chi connectivity index (χ3n) is 6.39. The average molecular weight is 479 g/mol. The Morgan fingerprint density at radius 3 is 2.83 bits per heavy atom. The van der Waals surface area contributed by atoms with Gasteiger partial charge in [0.1, 0.15) is 17.4 Å². The Balaban J connectivity index is 1.45. The predicted molar refractivity (Wildman–Crippen MR) is 118 cm³/mol. The fraction of sp³-hybridized carbons (Fsp3) is 0.261. The van der Waals surface area contributed by atoms with Gasteiger partial charge < -0.3 is 18.7 Å². The van der Waals surface area contributed by atoms with Crippen LogP contribution in [0.1, 0.15) is 51.6 Å². The van der Waals surface area contributed by atoms with Crippen LogP contribution in [0.15, 0.2) is 45.6 Å². The van der Waals surface area contributed by atoms with Crippen molar-refractivity contribution in [3.8, 4) is 11.5 Å². The molecule has 1 aliphatic heterocycles. The number of alkyl halides is 2. The summed E-state index contributed by atoms with van der Waals surface area (Å²) in [6.07, 6.45) is 0.676. The van der Waals surface area contributed by atoms with Crippen LogP contribution in [0.3, 0.4) is 0 Å². The number of para-hydroxylation sites is 1. The van der Waals surface area contributed by atoms with Gasteiger partial charge in [0.05, 0.1) is 29.3 Å².